The zero-order chi connectivity index (χ0) is 26.5. The number of hydrogen-bond donors (Lipinski definition) is 2. The molecule has 1 aliphatic rings. The molecule has 3 rings (SSSR count). The standard InChI is InChI=1S/C27H32N6O2S2/c1-28-22-8-4-20(5-9-22)26(34)29-16-18-36-37-19-17-30-27(35)21-6-10-23(11-7-21)31-32-24-12-14-25(15-13-24)33(2)3/h4-14,25H,1,15-19H2,2-3H3,(H,29,34)(H,30,35). The summed E-state index contributed by atoms with van der Waals surface area (Å²) in [5, 5.41) is 14.4. The van der Waals surface area contributed by atoms with Gasteiger partial charge in [0.2, 0.25) is 0 Å². The van der Waals surface area contributed by atoms with Gasteiger partial charge in [0.25, 0.3) is 11.8 Å². The topological polar surface area (TPSA) is 98.5 Å². The highest BCUT2D eigenvalue weighted by atomic mass is 33.1. The van der Waals surface area contributed by atoms with E-state index in [2.05, 4.69) is 63.7 Å². The zero-order valence-corrected chi connectivity index (χ0v) is 22.7. The molecule has 1 aliphatic carbocycles. The van der Waals surface area contributed by atoms with Crippen LogP contribution in [0.1, 0.15) is 27.1 Å². The summed E-state index contributed by atoms with van der Waals surface area (Å²) in [6, 6.07) is 14.5. The fraction of sp³-hybridized carbons (Fsp3) is 0.296. The first-order chi connectivity index (χ1) is 18.0. The highest BCUT2D eigenvalue weighted by Gasteiger charge is 2.10. The second-order valence-corrected chi connectivity index (χ2v) is 11.1. The third-order valence-corrected chi connectivity index (χ3v) is 7.88. The first-order valence-electron chi connectivity index (χ1n) is 11.9. The minimum absolute atomic E-state index is 0.109. The van der Waals surface area contributed by atoms with Crippen LogP contribution in [-0.4, -0.2) is 68.2 Å². The highest BCUT2D eigenvalue weighted by Crippen LogP contribution is 2.21. The fourth-order valence-corrected chi connectivity index (χ4v) is 5.12. The van der Waals surface area contributed by atoms with E-state index < -0.39 is 0 Å². The maximum absolute atomic E-state index is 12.4. The van der Waals surface area contributed by atoms with Crippen molar-refractivity contribution in [2.45, 2.75) is 12.5 Å². The van der Waals surface area contributed by atoms with Crippen LogP contribution in [0.4, 0.5) is 11.4 Å². The zero-order valence-electron chi connectivity index (χ0n) is 21.1. The Bertz CT molecular complexity index is 1140. The van der Waals surface area contributed by atoms with E-state index in [4.69, 9.17) is 0 Å². The number of rotatable bonds is 13. The third kappa shape index (κ3) is 9.64. The molecule has 0 bridgehead atoms. The molecule has 1 unspecified atom stereocenters. The van der Waals surface area contributed by atoms with Crippen LogP contribution >= 0.6 is 21.6 Å². The Labute approximate surface area is 226 Å². The quantitative estimate of drug-likeness (QED) is 0.154. The number of nitrogens with zero attached hydrogens (tertiary/aromatic N) is 4. The summed E-state index contributed by atoms with van der Waals surface area (Å²) in [5.74, 6) is 1.31. The molecule has 0 saturated heterocycles. The SMILES string of the molecule is C=Nc1ccc(C(=O)NCCSSCCNC(=O)c2ccc(N=NC3=CCC(N(C)C)C=C3)cc2)cc1. The van der Waals surface area contributed by atoms with Crippen LogP contribution < -0.4 is 10.6 Å². The van der Waals surface area contributed by atoms with Crippen LogP contribution in [0.3, 0.4) is 0 Å². The predicted octanol–water partition coefficient (Wildman–Crippen LogP) is 5.42. The van der Waals surface area contributed by atoms with Gasteiger partial charge in [0.05, 0.1) is 17.1 Å². The monoisotopic (exact) mass is 536 g/mol. The molecule has 0 spiro atoms. The largest absolute Gasteiger partial charge is 0.351 e. The average molecular weight is 537 g/mol. The van der Waals surface area contributed by atoms with Gasteiger partial charge in [-0.05, 0) is 81.8 Å². The average Bonchev–Trinajstić information content (AvgIpc) is 2.93. The predicted molar refractivity (Wildman–Crippen MR) is 156 cm³/mol. The van der Waals surface area contributed by atoms with Crippen molar-refractivity contribution in [2.24, 2.45) is 15.2 Å². The molecule has 8 nitrogen and oxygen atoms in total. The lowest BCUT2D eigenvalue weighted by molar-refractivity contribution is 0.0948. The van der Waals surface area contributed by atoms with Crippen LogP contribution in [0.2, 0.25) is 0 Å². The van der Waals surface area contributed by atoms with Crippen molar-refractivity contribution in [3.8, 4) is 0 Å². The molecule has 37 heavy (non-hydrogen) atoms. The molecule has 2 N–H and O–H groups in total. The van der Waals surface area contributed by atoms with Gasteiger partial charge in [-0.2, -0.15) is 10.2 Å². The fourth-order valence-electron chi connectivity index (χ4n) is 3.30. The lowest BCUT2D eigenvalue weighted by atomic mass is 10.1. The summed E-state index contributed by atoms with van der Waals surface area (Å²) < 4.78 is 0. The molecule has 10 heteroatoms. The summed E-state index contributed by atoms with van der Waals surface area (Å²) in [7, 11) is 7.43. The minimum Gasteiger partial charge on any atom is -0.351 e. The summed E-state index contributed by atoms with van der Waals surface area (Å²) in [6.45, 7) is 4.59. The van der Waals surface area contributed by atoms with E-state index in [9.17, 15) is 9.59 Å². The molecular weight excluding hydrogens is 504 g/mol. The normalized spacial score (nSPS) is 15.0. The molecule has 0 heterocycles. The number of likely N-dealkylation sites (N-methyl/N-ethyl adjacent to an activating group) is 1. The Morgan fingerprint density at radius 2 is 1.43 bits per heavy atom. The Hall–Kier alpha value is -3.21. The van der Waals surface area contributed by atoms with Crippen molar-refractivity contribution in [3.63, 3.8) is 0 Å². The number of carbonyl (C=O) groups is 2. The van der Waals surface area contributed by atoms with Crippen molar-refractivity contribution < 1.29 is 9.59 Å². The van der Waals surface area contributed by atoms with Gasteiger partial charge < -0.3 is 15.5 Å². The molecule has 0 saturated carbocycles. The third-order valence-electron chi connectivity index (χ3n) is 5.47. The van der Waals surface area contributed by atoms with E-state index in [0.29, 0.717) is 35.9 Å². The maximum atomic E-state index is 12.4. The van der Waals surface area contributed by atoms with Gasteiger partial charge in [0.1, 0.15) is 0 Å². The Morgan fingerprint density at radius 1 is 0.892 bits per heavy atom. The van der Waals surface area contributed by atoms with Crippen LogP contribution in [0, 0.1) is 0 Å². The minimum atomic E-state index is -0.119. The van der Waals surface area contributed by atoms with E-state index in [1.54, 1.807) is 70.1 Å². The van der Waals surface area contributed by atoms with E-state index in [-0.39, 0.29) is 11.8 Å². The summed E-state index contributed by atoms with van der Waals surface area (Å²) in [6.07, 6.45) is 7.09. The van der Waals surface area contributed by atoms with Gasteiger partial charge in [-0.25, -0.2) is 0 Å². The van der Waals surface area contributed by atoms with Crippen LogP contribution in [0.5, 0.6) is 0 Å². The van der Waals surface area contributed by atoms with E-state index in [0.717, 1.165) is 29.3 Å². The number of aliphatic imine (C=N–C) groups is 1. The summed E-state index contributed by atoms with van der Waals surface area (Å²) in [5.41, 5.74) is 3.46. The van der Waals surface area contributed by atoms with Crippen LogP contribution in [0.25, 0.3) is 0 Å². The number of amides is 2. The molecule has 2 aromatic rings. The smallest absolute Gasteiger partial charge is 0.251 e. The van der Waals surface area contributed by atoms with Crippen molar-refractivity contribution in [3.05, 3.63) is 83.6 Å². The van der Waals surface area contributed by atoms with Gasteiger partial charge in [-0.1, -0.05) is 33.7 Å². The Balaban J connectivity index is 1.27. The lowest BCUT2D eigenvalue weighted by Gasteiger charge is -2.21. The van der Waals surface area contributed by atoms with Crippen molar-refractivity contribution in [2.75, 3.05) is 38.7 Å². The summed E-state index contributed by atoms with van der Waals surface area (Å²) in [4.78, 5) is 30.5. The van der Waals surface area contributed by atoms with Crippen LogP contribution in [0.15, 0.2) is 87.7 Å². The van der Waals surface area contributed by atoms with Gasteiger partial charge in [0.15, 0.2) is 0 Å². The number of allylic oxidation sites excluding steroid dienone is 1. The first kappa shape index (κ1) is 28.4. The molecule has 0 radical (unpaired) electrons. The second kappa shape index (κ2) is 15.1. The van der Waals surface area contributed by atoms with E-state index in [1.807, 2.05) is 6.08 Å². The van der Waals surface area contributed by atoms with Crippen molar-refractivity contribution >= 4 is 51.5 Å². The summed E-state index contributed by atoms with van der Waals surface area (Å²) >= 11 is 0. The molecule has 2 aromatic carbocycles. The molecule has 0 aliphatic heterocycles. The number of benzene rings is 2. The Kier molecular flexibility index (Phi) is 11.6. The van der Waals surface area contributed by atoms with Crippen molar-refractivity contribution in [1.29, 1.82) is 0 Å². The van der Waals surface area contributed by atoms with Crippen LogP contribution in [-0.2, 0) is 0 Å². The molecule has 1 atom stereocenters. The van der Waals surface area contributed by atoms with Gasteiger partial charge >= 0.3 is 0 Å². The molecular formula is C27H32N6O2S2. The molecule has 2 amide bonds. The van der Waals surface area contributed by atoms with E-state index in [1.165, 1.54) is 0 Å². The molecule has 0 aromatic heterocycles. The second-order valence-electron chi connectivity index (χ2n) is 8.36. The molecule has 0 fully saturated rings. The van der Waals surface area contributed by atoms with Crippen molar-refractivity contribution in [1.82, 2.24) is 15.5 Å². The number of hydrogen-bond acceptors (Lipinski definition) is 8. The highest BCUT2D eigenvalue weighted by molar-refractivity contribution is 8.76. The maximum Gasteiger partial charge on any atom is 0.251 e. The lowest BCUT2D eigenvalue weighted by Crippen LogP contribution is -2.26. The van der Waals surface area contributed by atoms with Gasteiger partial charge in [-0.3, -0.25) is 14.6 Å². The van der Waals surface area contributed by atoms with E-state index >= 15 is 0 Å². The number of carbonyl (C=O) groups excluding carboxylic acids is 2. The van der Waals surface area contributed by atoms with Gasteiger partial charge in [-0.15, -0.1) is 0 Å². The number of nitrogens with one attached hydrogen (secondary N) is 2. The molecule has 194 valence electrons. The first-order valence-corrected chi connectivity index (χ1v) is 14.4. The Morgan fingerprint density at radius 3 is 1.89 bits per heavy atom. The number of azo groups is 1. The van der Waals surface area contributed by atoms with Gasteiger partial charge in [0, 0.05) is 41.8 Å².